The maximum Gasteiger partial charge on any atom is 0.106 e. The Bertz CT molecular complexity index is 602. The third-order valence-corrected chi connectivity index (χ3v) is 5.15. The van der Waals surface area contributed by atoms with Crippen molar-refractivity contribution in [2.24, 2.45) is 5.92 Å². The van der Waals surface area contributed by atoms with Crippen molar-refractivity contribution in [1.82, 2.24) is 4.98 Å². The fourth-order valence-electron chi connectivity index (χ4n) is 2.84. The molecule has 0 unspecified atom stereocenters. The van der Waals surface area contributed by atoms with Gasteiger partial charge >= 0.3 is 0 Å². The largest absolute Gasteiger partial charge is 0.395 e. The number of hydrogen-bond acceptors (Lipinski definition) is 5. The number of nitrogens with two attached hydrogens (primary N) is 1. The summed E-state index contributed by atoms with van der Waals surface area (Å²) in [5.74, 6) is 0.728. The number of fused-ring (bicyclic) bond motifs is 1. The van der Waals surface area contributed by atoms with Crippen molar-refractivity contribution in [2.75, 3.05) is 17.6 Å². The highest BCUT2D eigenvalue weighted by Crippen LogP contribution is 2.34. The Morgan fingerprint density at radius 2 is 2.20 bits per heavy atom. The molecule has 0 bridgehead atoms. The number of nitrogens with zero attached hydrogens (tertiary/aromatic N) is 1. The van der Waals surface area contributed by atoms with Crippen LogP contribution in [0.5, 0.6) is 0 Å². The maximum absolute atomic E-state index is 10.6. The van der Waals surface area contributed by atoms with Crippen LogP contribution in [0.15, 0.2) is 17.6 Å². The van der Waals surface area contributed by atoms with Crippen LogP contribution in [0.1, 0.15) is 32.6 Å². The van der Waals surface area contributed by atoms with Gasteiger partial charge in [-0.05, 0) is 43.7 Å². The average Bonchev–Trinajstić information content (AvgIpc) is 2.91. The summed E-state index contributed by atoms with van der Waals surface area (Å²) in [6, 6.07) is 4.00. The Kier molecular flexibility index (Phi) is 3.56. The van der Waals surface area contributed by atoms with Crippen LogP contribution in [-0.2, 0) is 0 Å². The molecule has 0 aliphatic heterocycles. The van der Waals surface area contributed by atoms with Gasteiger partial charge in [0.2, 0.25) is 0 Å². The molecule has 1 aromatic carbocycles. The van der Waals surface area contributed by atoms with Crippen molar-refractivity contribution in [1.29, 1.82) is 0 Å². The Hall–Kier alpha value is -1.33. The van der Waals surface area contributed by atoms with E-state index in [1.54, 1.807) is 16.8 Å². The van der Waals surface area contributed by atoms with E-state index in [9.17, 15) is 5.11 Å². The van der Waals surface area contributed by atoms with Gasteiger partial charge < -0.3 is 16.2 Å². The molecule has 1 heterocycles. The zero-order valence-corrected chi connectivity index (χ0v) is 12.5. The second kappa shape index (κ2) is 5.22. The molecular weight excluding hydrogens is 270 g/mol. The first kappa shape index (κ1) is 13.6. The molecular formula is C15H21N3OS. The van der Waals surface area contributed by atoms with Gasteiger partial charge in [0, 0.05) is 6.54 Å². The van der Waals surface area contributed by atoms with Crippen LogP contribution >= 0.6 is 11.3 Å². The lowest BCUT2D eigenvalue weighted by Gasteiger charge is -2.35. The molecule has 0 atom stereocenters. The lowest BCUT2D eigenvalue weighted by atomic mass is 9.79. The lowest BCUT2D eigenvalue weighted by molar-refractivity contribution is 0.00503. The first-order valence-electron chi connectivity index (χ1n) is 7.15. The summed E-state index contributed by atoms with van der Waals surface area (Å²) < 4.78 is 1.10. The second-order valence-corrected chi connectivity index (χ2v) is 6.87. The standard InChI is InChI=1S/C15H21N3OS/c1-10-4-6-15(19,7-5-10)8-17-11-2-3-12-14(13(11)16)18-9-20-12/h2-3,9-10,17,19H,4-8,16H2,1H3. The highest BCUT2D eigenvalue weighted by Gasteiger charge is 2.31. The number of anilines is 2. The minimum absolute atomic E-state index is 0.555. The molecule has 1 saturated carbocycles. The van der Waals surface area contributed by atoms with Crippen LogP contribution in [-0.4, -0.2) is 22.2 Å². The highest BCUT2D eigenvalue weighted by molar-refractivity contribution is 7.16. The highest BCUT2D eigenvalue weighted by atomic mass is 32.1. The van der Waals surface area contributed by atoms with E-state index in [4.69, 9.17) is 5.73 Å². The molecule has 1 aliphatic rings. The summed E-state index contributed by atoms with van der Waals surface area (Å²) in [5.41, 5.74) is 9.75. The van der Waals surface area contributed by atoms with Gasteiger partial charge in [0.1, 0.15) is 5.52 Å². The molecule has 1 fully saturated rings. The Labute approximate surface area is 123 Å². The monoisotopic (exact) mass is 291 g/mol. The van der Waals surface area contributed by atoms with Crippen LogP contribution in [0.4, 0.5) is 11.4 Å². The van der Waals surface area contributed by atoms with Crippen LogP contribution < -0.4 is 11.1 Å². The molecule has 5 heteroatoms. The number of nitrogens with one attached hydrogen (secondary N) is 1. The van der Waals surface area contributed by atoms with E-state index >= 15 is 0 Å². The van der Waals surface area contributed by atoms with Gasteiger partial charge in [0.25, 0.3) is 0 Å². The zero-order chi connectivity index (χ0) is 14.2. The van der Waals surface area contributed by atoms with E-state index in [2.05, 4.69) is 17.2 Å². The molecule has 0 saturated heterocycles. The summed E-state index contributed by atoms with van der Waals surface area (Å²) >= 11 is 1.59. The predicted molar refractivity (Wildman–Crippen MR) is 85.1 cm³/mol. The molecule has 108 valence electrons. The van der Waals surface area contributed by atoms with Crippen LogP contribution in [0.2, 0.25) is 0 Å². The SMILES string of the molecule is CC1CCC(O)(CNc2ccc3scnc3c2N)CC1. The summed E-state index contributed by atoms with van der Waals surface area (Å²) in [6.45, 7) is 2.81. The fraction of sp³-hybridized carbons (Fsp3) is 0.533. The van der Waals surface area contributed by atoms with E-state index in [-0.39, 0.29) is 0 Å². The maximum atomic E-state index is 10.6. The predicted octanol–water partition coefficient (Wildman–Crippen LogP) is 3.23. The first-order valence-corrected chi connectivity index (χ1v) is 8.03. The van der Waals surface area contributed by atoms with Gasteiger partial charge in [-0.25, -0.2) is 4.98 Å². The Morgan fingerprint density at radius 1 is 1.45 bits per heavy atom. The number of thiazole rings is 1. The van der Waals surface area contributed by atoms with Crippen molar-refractivity contribution in [3.63, 3.8) is 0 Å². The molecule has 3 rings (SSSR count). The Balaban J connectivity index is 1.72. The number of benzene rings is 1. The van der Waals surface area contributed by atoms with Crippen molar-refractivity contribution in [3.8, 4) is 0 Å². The van der Waals surface area contributed by atoms with E-state index < -0.39 is 5.60 Å². The average molecular weight is 291 g/mol. The topological polar surface area (TPSA) is 71.2 Å². The van der Waals surface area contributed by atoms with Gasteiger partial charge in [-0.15, -0.1) is 11.3 Å². The van der Waals surface area contributed by atoms with Gasteiger partial charge in [0.05, 0.1) is 27.2 Å². The number of hydrogen-bond donors (Lipinski definition) is 3. The zero-order valence-electron chi connectivity index (χ0n) is 11.7. The van der Waals surface area contributed by atoms with Gasteiger partial charge in [-0.1, -0.05) is 6.92 Å². The van der Waals surface area contributed by atoms with E-state index in [0.29, 0.717) is 12.2 Å². The van der Waals surface area contributed by atoms with Crippen molar-refractivity contribution in [3.05, 3.63) is 17.6 Å². The number of aliphatic hydroxyl groups is 1. The Morgan fingerprint density at radius 3 is 2.95 bits per heavy atom. The summed E-state index contributed by atoms with van der Waals surface area (Å²) in [6.07, 6.45) is 3.91. The molecule has 0 amide bonds. The van der Waals surface area contributed by atoms with E-state index in [1.807, 2.05) is 12.1 Å². The van der Waals surface area contributed by atoms with Gasteiger partial charge in [0.15, 0.2) is 0 Å². The van der Waals surface area contributed by atoms with E-state index in [0.717, 1.165) is 47.5 Å². The second-order valence-electron chi connectivity index (χ2n) is 5.99. The van der Waals surface area contributed by atoms with Gasteiger partial charge in [-0.2, -0.15) is 0 Å². The quantitative estimate of drug-likeness (QED) is 0.759. The van der Waals surface area contributed by atoms with Gasteiger partial charge in [-0.3, -0.25) is 0 Å². The third-order valence-electron chi connectivity index (χ3n) is 4.35. The smallest absolute Gasteiger partial charge is 0.106 e. The minimum atomic E-state index is -0.601. The first-order chi connectivity index (χ1) is 9.57. The van der Waals surface area contributed by atoms with Crippen molar-refractivity contribution >= 4 is 32.9 Å². The van der Waals surface area contributed by atoms with Crippen LogP contribution in [0.3, 0.4) is 0 Å². The number of aromatic nitrogens is 1. The van der Waals surface area contributed by atoms with Crippen molar-refractivity contribution < 1.29 is 5.11 Å². The molecule has 1 aromatic heterocycles. The molecule has 0 radical (unpaired) electrons. The van der Waals surface area contributed by atoms with Crippen LogP contribution in [0.25, 0.3) is 10.2 Å². The summed E-state index contributed by atoms with van der Waals surface area (Å²) in [7, 11) is 0. The molecule has 1 aliphatic carbocycles. The van der Waals surface area contributed by atoms with Crippen molar-refractivity contribution in [2.45, 2.75) is 38.2 Å². The normalized spacial score (nSPS) is 26.8. The summed E-state index contributed by atoms with van der Waals surface area (Å²) in [4.78, 5) is 4.29. The molecule has 0 spiro atoms. The molecule has 20 heavy (non-hydrogen) atoms. The third kappa shape index (κ3) is 2.60. The van der Waals surface area contributed by atoms with E-state index in [1.165, 1.54) is 0 Å². The number of nitrogen functional groups attached to an aromatic ring is 1. The fourth-order valence-corrected chi connectivity index (χ4v) is 3.53. The number of rotatable bonds is 3. The van der Waals surface area contributed by atoms with Crippen LogP contribution in [0, 0.1) is 5.92 Å². The molecule has 4 N–H and O–H groups in total. The molecule has 4 nitrogen and oxygen atoms in total. The summed E-state index contributed by atoms with van der Waals surface area (Å²) in [5, 5.41) is 13.9. The molecule has 2 aromatic rings. The minimum Gasteiger partial charge on any atom is -0.395 e. The lowest BCUT2D eigenvalue weighted by Crippen LogP contribution is -2.40.